The molecule has 0 saturated carbocycles. The van der Waals surface area contributed by atoms with Crippen molar-refractivity contribution in [2.24, 2.45) is 10.9 Å². The summed E-state index contributed by atoms with van der Waals surface area (Å²) in [5.74, 6) is -2.56. The van der Waals surface area contributed by atoms with Crippen molar-refractivity contribution in [1.29, 1.82) is 0 Å². The van der Waals surface area contributed by atoms with Gasteiger partial charge in [0.05, 0.1) is 11.5 Å². The zero-order chi connectivity index (χ0) is 24.2. The summed E-state index contributed by atoms with van der Waals surface area (Å²) in [5.41, 5.74) is 1.12. The van der Waals surface area contributed by atoms with Crippen LogP contribution >= 0.6 is 0 Å². The maximum Gasteiger partial charge on any atom is 0.321 e. The number of nitro benzene ring substituents is 1. The van der Waals surface area contributed by atoms with E-state index >= 15 is 0 Å². The highest BCUT2D eigenvalue weighted by Crippen LogP contribution is 2.33. The zero-order valence-corrected chi connectivity index (χ0v) is 18.5. The second kappa shape index (κ2) is 9.86. The monoisotopic (exact) mass is 469 g/mol. The first kappa shape index (κ1) is 23.1. The number of anilines is 1. The van der Waals surface area contributed by atoms with E-state index in [1.807, 2.05) is 4.90 Å². The van der Waals surface area contributed by atoms with Gasteiger partial charge in [0.2, 0.25) is 11.9 Å². The van der Waals surface area contributed by atoms with Gasteiger partial charge in [0, 0.05) is 44.0 Å². The Balaban J connectivity index is 1.59. The lowest BCUT2D eigenvalue weighted by atomic mass is 9.91. The van der Waals surface area contributed by atoms with Crippen molar-refractivity contribution >= 4 is 29.2 Å². The van der Waals surface area contributed by atoms with Crippen LogP contribution in [0.4, 0.5) is 15.8 Å². The van der Waals surface area contributed by atoms with Crippen LogP contribution in [0, 0.1) is 21.8 Å². The Bertz CT molecular complexity index is 1110. The fourth-order valence-corrected chi connectivity index (χ4v) is 4.12. The van der Waals surface area contributed by atoms with Crippen LogP contribution in [0.1, 0.15) is 18.5 Å². The minimum absolute atomic E-state index is 0.0895. The molecule has 2 atom stereocenters. The molecule has 4 rings (SSSR count). The van der Waals surface area contributed by atoms with Gasteiger partial charge in [0.1, 0.15) is 11.9 Å². The highest BCUT2D eigenvalue weighted by atomic mass is 19.1. The van der Waals surface area contributed by atoms with Gasteiger partial charge in [0.25, 0.3) is 5.69 Å². The Morgan fingerprint density at radius 3 is 2.50 bits per heavy atom. The van der Waals surface area contributed by atoms with Gasteiger partial charge < -0.3 is 14.5 Å². The largest absolute Gasteiger partial charge is 0.465 e. The van der Waals surface area contributed by atoms with E-state index in [4.69, 9.17) is 4.74 Å². The summed E-state index contributed by atoms with van der Waals surface area (Å²) in [5, 5.41) is 14.0. The highest BCUT2D eigenvalue weighted by molar-refractivity contribution is 6.08. The van der Waals surface area contributed by atoms with Crippen molar-refractivity contribution in [2.75, 3.05) is 37.7 Å². The molecule has 0 bridgehead atoms. The number of nitro groups is 1. The number of carbonyl (C=O) groups excluding carboxylic acids is 2. The predicted octanol–water partition coefficient (Wildman–Crippen LogP) is 2.26. The molecule has 178 valence electrons. The van der Waals surface area contributed by atoms with Gasteiger partial charge in [-0.15, -0.1) is 0 Å². The Morgan fingerprint density at radius 1 is 1.18 bits per heavy atom. The number of nitrogens with zero attached hydrogens (tertiary/aromatic N) is 4. The number of nitrogens with one attached hydrogen (secondary N) is 1. The second-order valence-electron chi connectivity index (χ2n) is 7.92. The maximum atomic E-state index is 13.2. The minimum atomic E-state index is -1.26. The van der Waals surface area contributed by atoms with E-state index in [1.54, 1.807) is 25.1 Å². The summed E-state index contributed by atoms with van der Waals surface area (Å²) in [4.78, 5) is 44.9. The Hall–Kier alpha value is -4.02. The van der Waals surface area contributed by atoms with Gasteiger partial charge in [-0.05, 0) is 36.8 Å². The number of carbonyl (C=O) groups is 2. The van der Waals surface area contributed by atoms with E-state index in [0.717, 1.165) is 5.69 Å². The zero-order valence-electron chi connectivity index (χ0n) is 18.5. The van der Waals surface area contributed by atoms with E-state index in [-0.39, 0.29) is 18.1 Å². The number of hydrogen-bond acceptors (Lipinski definition) is 8. The Labute approximate surface area is 195 Å². The molecule has 0 aromatic heterocycles. The molecule has 2 heterocycles. The molecule has 2 aliphatic heterocycles. The van der Waals surface area contributed by atoms with Crippen molar-refractivity contribution in [1.82, 2.24) is 10.2 Å². The van der Waals surface area contributed by atoms with Crippen molar-refractivity contribution in [3.05, 3.63) is 70.0 Å². The lowest BCUT2D eigenvalue weighted by Gasteiger charge is -2.39. The second-order valence-corrected chi connectivity index (χ2v) is 7.92. The number of ether oxygens (including phenoxy) is 1. The predicted molar refractivity (Wildman–Crippen MR) is 122 cm³/mol. The number of guanidine groups is 1. The van der Waals surface area contributed by atoms with E-state index in [9.17, 15) is 24.1 Å². The fourth-order valence-electron chi connectivity index (χ4n) is 4.12. The molecule has 0 spiro atoms. The standard InChI is InChI=1S/C23H24FN5O5/c1-2-34-22(31)19-20(15-4-3-5-18(14-15)29(32)33)25-23(26-21(19)30)28-12-10-27(11-13-28)17-8-6-16(24)7-9-17/h3-9,14,19-20H,2,10-13H2,1H3,(H,25,26,30). The smallest absolute Gasteiger partial charge is 0.321 e. The molecule has 2 unspecified atom stereocenters. The molecular weight excluding hydrogens is 445 g/mol. The summed E-state index contributed by atoms with van der Waals surface area (Å²) in [7, 11) is 0. The van der Waals surface area contributed by atoms with Crippen molar-refractivity contribution < 1.29 is 23.6 Å². The number of non-ortho nitro benzene ring substituents is 1. The number of piperazine rings is 1. The fraction of sp³-hybridized carbons (Fsp3) is 0.348. The van der Waals surface area contributed by atoms with Crippen LogP contribution in [-0.2, 0) is 14.3 Å². The molecule has 34 heavy (non-hydrogen) atoms. The molecule has 2 aliphatic rings. The third-order valence-electron chi connectivity index (χ3n) is 5.83. The first-order valence-corrected chi connectivity index (χ1v) is 10.9. The number of amides is 1. The van der Waals surface area contributed by atoms with E-state index in [0.29, 0.717) is 37.7 Å². The molecule has 1 fully saturated rings. The third-order valence-corrected chi connectivity index (χ3v) is 5.83. The average molecular weight is 469 g/mol. The number of esters is 1. The van der Waals surface area contributed by atoms with Crippen LogP contribution in [0.15, 0.2) is 53.5 Å². The number of hydrogen-bond donors (Lipinski definition) is 1. The van der Waals surface area contributed by atoms with Gasteiger partial charge >= 0.3 is 5.97 Å². The topological polar surface area (TPSA) is 117 Å². The summed E-state index contributed by atoms with van der Waals surface area (Å²) in [6.45, 7) is 4.01. The molecule has 2 aromatic rings. The first-order valence-electron chi connectivity index (χ1n) is 10.9. The molecular formula is C23H24FN5O5. The van der Waals surface area contributed by atoms with Crippen LogP contribution in [-0.4, -0.2) is 60.4 Å². The molecule has 1 saturated heterocycles. The van der Waals surface area contributed by atoms with Crippen molar-refractivity contribution in [2.45, 2.75) is 13.0 Å². The number of rotatable bonds is 5. The number of halogens is 1. The van der Waals surface area contributed by atoms with E-state index in [1.165, 1.54) is 30.3 Å². The van der Waals surface area contributed by atoms with Crippen LogP contribution in [0.5, 0.6) is 0 Å². The van der Waals surface area contributed by atoms with Crippen LogP contribution < -0.4 is 10.2 Å². The maximum absolute atomic E-state index is 13.2. The SMILES string of the molecule is CCOC(=O)C1C(=O)NC(N2CCN(c3ccc(F)cc3)CC2)=NC1c1cccc([N+](=O)[O-])c1. The normalized spacial score (nSPS) is 20.4. The molecule has 1 amide bonds. The van der Waals surface area contributed by atoms with Gasteiger partial charge in [-0.3, -0.25) is 25.0 Å². The summed E-state index contributed by atoms with van der Waals surface area (Å²) >= 11 is 0. The van der Waals surface area contributed by atoms with Crippen molar-refractivity contribution in [3.63, 3.8) is 0 Å². The highest BCUT2D eigenvalue weighted by Gasteiger charge is 2.42. The lowest BCUT2D eigenvalue weighted by Crippen LogP contribution is -2.57. The average Bonchev–Trinajstić information content (AvgIpc) is 2.84. The molecule has 10 nitrogen and oxygen atoms in total. The summed E-state index contributed by atoms with van der Waals surface area (Å²) in [6.07, 6.45) is 0. The van der Waals surface area contributed by atoms with Crippen LogP contribution in [0.25, 0.3) is 0 Å². The van der Waals surface area contributed by atoms with Crippen LogP contribution in [0.2, 0.25) is 0 Å². The van der Waals surface area contributed by atoms with Gasteiger partial charge in [-0.2, -0.15) is 0 Å². The van der Waals surface area contributed by atoms with Crippen molar-refractivity contribution in [3.8, 4) is 0 Å². The molecule has 0 radical (unpaired) electrons. The van der Waals surface area contributed by atoms with Gasteiger partial charge in [-0.1, -0.05) is 12.1 Å². The quantitative estimate of drug-likeness (QED) is 0.309. The summed E-state index contributed by atoms with van der Waals surface area (Å²) < 4.78 is 18.3. The Morgan fingerprint density at radius 2 is 1.85 bits per heavy atom. The first-order chi connectivity index (χ1) is 16.4. The molecule has 2 aromatic carbocycles. The van der Waals surface area contributed by atoms with Crippen LogP contribution in [0.3, 0.4) is 0 Å². The molecule has 11 heteroatoms. The van der Waals surface area contributed by atoms with E-state index < -0.39 is 28.8 Å². The molecule has 0 aliphatic carbocycles. The molecule has 1 N–H and O–H groups in total. The minimum Gasteiger partial charge on any atom is -0.465 e. The van der Waals surface area contributed by atoms with E-state index in [2.05, 4.69) is 15.2 Å². The number of benzene rings is 2. The third kappa shape index (κ3) is 4.82. The Kier molecular flexibility index (Phi) is 6.71. The van der Waals surface area contributed by atoms with Gasteiger partial charge in [-0.25, -0.2) is 9.38 Å². The number of aliphatic imine (C=N–C) groups is 1. The summed E-state index contributed by atoms with van der Waals surface area (Å²) in [6, 6.07) is 11.1. The lowest BCUT2D eigenvalue weighted by molar-refractivity contribution is -0.384. The van der Waals surface area contributed by atoms with Gasteiger partial charge in [0.15, 0.2) is 5.92 Å².